The second kappa shape index (κ2) is 19.9. The molecule has 1 aliphatic heterocycles. The van der Waals surface area contributed by atoms with Crippen LogP contribution in [0, 0.1) is 35.0 Å². The fourth-order valence-corrected chi connectivity index (χ4v) is 5.85. The Morgan fingerprint density at radius 1 is 0.980 bits per heavy atom. The average molecular weight is 722 g/mol. The van der Waals surface area contributed by atoms with Gasteiger partial charge < -0.3 is 39.5 Å². The Morgan fingerprint density at radius 2 is 1.65 bits per heavy atom. The monoisotopic (exact) mass is 721 g/mol. The van der Waals surface area contributed by atoms with E-state index in [0.29, 0.717) is 37.2 Å². The zero-order valence-electron chi connectivity index (χ0n) is 32.8. The van der Waals surface area contributed by atoms with Crippen LogP contribution in [0.4, 0.5) is 4.79 Å². The number of nitrogens with two attached hydrogens (primary N) is 1. The molecule has 1 saturated heterocycles. The summed E-state index contributed by atoms with van der Waals surface area (Å²) in [6.45, 7) is 18.5. The van der Waals surface area contributed by atoms with Crippen molar-refractivity contribution in [3.05, 3.63) is 23.8 Å². The number of primary amides is 1. The first kappa shape index (κ1) is 43.6. The van der Waals surface area contributed by atoms with E-state index >= 15 is 0 Å². The van der Waals surface area contributed by atoms with Crippen LogP contribution in [0.3, 0.4) is 0 Å². The molecule has 0 radical (unpaired) electrons. The maximum Gasteiger partial charge on any atom is 0.415 e. The van der Waals surface area contributed by atoms with Gasteiger partial charge in [0, 0.05) is 32.9 Å². The molecule has 51 heavy (non-hydrogen) atoms. The molecule has 0 aromatic heterocycles. The summed E-state index contributed by atoms with van der Waals surface area (Å²) in [4.78, 5) is 52.8. The average Bonchev–Trinajstić information content (AvgIpc) is 3.46. The van der Waals surface area contributed by atoms with E-state index in [4.69, 9.17) is 34.2 Å². The van der Waals surface area contributed by atoms with E-state index in [-0.39, 0.29) is 42.9 Å². The van der Waals surface area contributed by atoms with Crippen molar-refractivity contribution in [3.63, 3.8) is 0 Å². The second-order valence-corrected chi connectivity index (χ2v) is 15.1. The summed E-state index contributed by atoms with van der Waals surface area (Å²) in [5, 5.41) is 2.91. The van der Waals surface area contributed by atoms with Gasteiger partial charge >= 0.3 is 12.1 Å². The largest absolute Gasteiger partial charge is 0.493 e. The molecule has 0 aliphatic carbocycles. The Kier molecular flexibility index (Phi) is 17.0. The maximum atomic E-state index is 13.6. The highest BCUT2D eigenvalue weighted by Gasteiger charge is 2.43. The third-order valence-corrected chi connectivity index (χ3v) is 9.58. The Labute approximate surface area is 304 Å². The van der Waals surface area contributed by atoms with Crippen molar-refractivity contribution in [2.45, 2.75) is 120 Å². The number of rotatable bonds is 20. The molecule has 3 amide bonds. The molecule has 0 bridgehead atoms. The number of hydrogen-bond donors (Lipinski definition) is 2. The molecule has 2 rings (SSSR count). The SMILES string of the molecule is CC[C@@H](OC)Oc1cc(C[C@@H](C[C@H]2[C@H](C[C@H](C(=O)NCC(C)(C)C(N)=O)C(C)C)OCN2C(=O)OC(C)OC(=O)C(C)C)C(C)C)ccc1OC. The second-order valence-electron chi connectivity index (χ2n) is 15.1. The molecule has 1 unspecified atom stereocenters. The van der Waals surface area contributed by atoms with Crippen LogP contribution in [0.2, 0.25) is 0 Å². The molecule has 6 atom stereocenters. The molecule has 1 aromatic rings. The van der Waals surface area contributed by atoms with E-state index < -0.39 is 54.0 Å². The van der Waals surface area contributed by atoms with Crippen molar-refractivity contribution in [1.82, 2.24) is 10.2 Å². The van der Waals surface area contributed by atoms with Gasteiger partial charge in [0.25, 0.3) is 0 Å². The Hall–Kier alpha value is -3.58. The van der Waals surface area contributed by atoms with Gasteiger partial charge in [0.05, 0.1) is 30.6 Å². The number of esters is 1. The van der Waals surface area contributed by atoms with Gasteiger partial charge in [-0.15, -0.1) is 0 Å². The predicted octanol–water partition coefficient (Wildman–Crippen LogP) is 5.66. The number of nitrogens with zero attached hydrogens (tertiary/aromatic N) is 1. The third kappa shape index (κ3) is 12.9. The van der Waals surface area contributed by atoms with Crippen molar-refractivity contribution < 1.29 is 47.6 Å². The van der Waals surface area contributed by atoms with Crippen LogP contribution in [0.15, 0.2) is 18.2 Å². The number of methoxy groups -OCH3 is 2. The summed E-state index contributed by atoms with van der Waals surface area (Å²) in [7, 11) is 3.19. The summed E-state index contributed by atoms with van der Waals surface area (Å²) in [6, 6.07) is 5.38. The van der Waals surface area contributed by atoms with Gasteiger partial charge in [-0.2, -0.15) is 0 Å². The third-order valence-electron chi connectivity index (χ3n) is 9.58. The first-order valence-corrected chi connectivity index (χ1v) is 18.1. The zero-order chi connectivity index (χ0) is 38.6. The van der Waals surface area contributed by atoms with Crippen LogP contribution in [0.1, 0.15) is 94.1 Å². The topological polar surface area (TPSA) is 165 Å². The number of nitrogens with one attached hydrogen (secondary N) is 1. The Balaban J connectivity index is 2.42. The van der Waals surface area contributed by atoms with Crippen molar-refractivity contribution >= 4 is 23.9 Å². The predicted molar refractivity (Wildman–Crippen MR) is 193 cm³/mol. The summed E-state index contributed by atoms with van der Waals surface area (Å²) < 4.78 is 34.3. The summed E-state index contributed by atoms with van der Waals surface area (Å²) in [5.74, 6) is -0.700. The minimum Gasteiger partial charge on any atom is -0.493 e. The lowest BCUT2D eigenvalue weighted by Crippen LogP contribution is -2.47. The molecular formula is C38H63N3O10. The van der Waals surface area contributed by atoms with Crippen LogP contribution < -0.4 is 20.5 Å². The summed E-state index contributed by atoms with van der Waals surface area (Å²) in [5.41, 5.74) is 5.64. The van der Waals surface area contributed by atoms with E-state index in [1.807, 2.05) is 39.0 Å². The number of carbonyl (C=O) groups excluding carboxylic acids is 4. The van der Waals surface area contributed by atoms with E-state index in [9.17, 15) is 19.2 Å². The summed E-state index contributed by atoms with van der Waals surface area (Å²) >= 11 is 0. The molecule has 13 heteroatoms. The first-order valence-electron chi connectivity index (χ1n) is 18.1. The lowest BCUT2D eigenvalue weighted by Gasteiger charge is -2.33. The van der Waals surface area contributed by atoms with Gasteiger partial charge in [-0.25, -0.2) is 4.79 Å². The highest BCUT2D eigenvalue weighted by Crippen LogP contribution is 2.36. The van der Waals surface area contributed by atoms with Gasteiger partial charge in [0.15, 0.2) is 17.8 Å². The minimum atomic E-state index is -1.10. The van der Waals surface area contributed by atoms with Crippen LogP contribution in [0.5, 0.6) is 11.5 Å². The van der Waals surface area contributed by atoms with Gasteiger partial charge in [-0.05, 0) is 68.6 Å². The Bertz CT molecular complexity index is 1300. The highest BCUT2D eigenvalue weighted by molar-refractivity contribution is 5.83. The number of amides is 3. The van der Waals surface area contributed by atoms with E-state index in [1.54, 1.807) is 41.9 Å². The molecule has 0 spiro atoms. The quantitative estimate of drug-likeness (QED) is 0.127. The van der Waals surface area contributed by atoms with Crippen molar-refractivity contribution in [2.75, 3.05) is 27.5 Å². The van der Waals surface area contributed by atoms with Crippen LogP contribution in [0.25, 0.3) is 0 Å². The number of hydrogen-bond acceptors (Lipinski definition) is 10. The maximum absolute atomic E-state index is 13.6. The first-order chi connectivity index (χ1) is 23.8. The van der Waals surface area contributed by atoms with Gasteiger partial charge in [0.2, 0.25) is 18.1 Å². The number of carbonyl (C=O) groups is 4. The van der Waals surface area contributed by atoms with E-state index in [0.717, 1.165) is 5.56 Å². The van der Waals surface area contributed by atoms with Crippen molar-refractivity contribution in [1.29, 1.82) is 0 Å². The summed E-state index contributed by atoms with van der Waals surface area (Å²) in [6.07, 6.45) is -0.531. The lowest BCUT2D eigenvalue weighted by molar-refractivity contribution is -0.170. The van der Waals surface area contributed by atoms with E-state index in [1.165, 1.54) is 11.8 Å². The van der Waals surface area contributed by atoms with Crippen molar-refractivity contribution in [3.8, 4) is 11.5 Å². The van der Waals surface area contributed by atoms with Gasteiger partial charge in [0.1, 0.15) is 6.73 Å². The van der Waals surface area contributed by atoms with Gasteiger partial charge in [-0.3, -0.25) is 19.3 Å². The molecule has 3 N–H and O–H groups in total. The number of ether oxygens (including phenoxy) is 6. The van der Waals surface area contributed by atoms with Crippen molar-refractivity contribution in [2.24, 2.45) is 40.7 Å². The molecule has 1 fully saturated rings. The van der Waals surface area contributed by atoms with Crippen LogP contribution in [-0.4, -0.2) is 81.0 Å². The fourth-order valence-electron chi connectivity index (χ4n) is 5.85. The standard InChI is InChI=1S/C38H63N3O10/c1-13-33(47-12)51-32-17-26(14-15-30(32)46-11)16-27(22(2)3)18-29-31(19-28(23(4)5)34(42)40-20-38(9,10)36(39)44)48-21-41(29)37(45)50-25(8)49-35(43)24(6)7/h14-15,17,22-25,27-29,31,33H,13,16,18-21H2,1-12H3,(H2,39,44)(H,40,42)/t25?,27-,28-,29-,31-,33-/m0/s1. The fraction of sp³-hybridized carbons (Fsp3) is 0.737. The highest BCUT2D eigenvalue weighted by atomic mass is 16.7. The van der Waals surface area contributed by atoms with Crippen LogP contribution >= 0.6 is 0 Å². The lowest BCUT2D eigenvalue weighted by atomic mass is 9.80. The molecule has 1 heterocycles. The van der Waals surface area contributed by atoms with E-state index in [2.05, 4.69) is 19.2 Å². The minimum absolute atomic E-state index is 0.0546. The van der Waals surface area contributed by atoms with Crippen LogP contribution in [-0.2, 0) is 39.8 Å². The molecular weight excluding hydrogens is 658 g/mol. The number of benzene rings is 1. The molecule has 0 saturated carbocycles. The normalized spacial score (nSPS) is 18.7. The molecule has 290 valence electrons. The Morgan fingerprint density at radius 3 is 2.18 bits per heavy atom. The molecule has 1 aliphatic rings. The smallest absolute Gasteiger partial charge is 0.415 e. The zero-order valence-corrected chi connectivity index (χ0v) is 32.8. The molecule has 13 nitrogen and oxygen atoms in total. The molecule has 1 aromatic carbocycles. The van der Waals surface area contributed by atoms with Gasteiger partial charge in [-0.1, -0.05) is 54.5 Å².